The van der Waals surface area contributed by atoms with Gasteiger partial charge in [0.15, 0.2) is 0 Å². The van der Waals surface area contributed by atoms with E-state index in [0.29, 0.717) is 0 Å². The maximum atomic E-state index is 5.53. The fraction of sp³-hybridized carbons (Fsp3) is 0.500. The Balaban J connectivity index is 2.91. The molecule has 0 aliphatic heterocycles. The van der Waals surface area contributed by atoms with Gasteiger partial charge in [-0.05, 0) is 37.9 Å². The van der Waals surface area contributed by atoms with Crippen molar-refractivity contribution in [3.63, 3.8) is 0 Å². The van der Waals surface area contributed by atoms with E-state index >= 15 is 0 Å². The first-order chi connectivity index (χ1) is 6.65. The molecule has 0 radical (unpaired) electrons. The lowest BCUT2D eigenvalue weighted by atomic mass is 10.0. The third-order valence-corrected chi connectivity index (χ3v) is 2.37. The second-order valence-electron chi connectivity index (χ2n) is 3.92. The van der Waals surface area contributed by atoms with Crippen LogP contribution < -0.4 is 10.6 Å². The maximum Gasteiger partial charge on any atom is 0.0393 e. The molecular formula is C12H20N2. The van der Waals surface area contributed by atoms with E-state index in [1.54, 1.807) is 0 Å². The van der Waals surface area contributed by atoms with E-state index in [9.17, 15) is 0 Å². The minimum Gasteiger partial charge on any atom is -0.377 e. The molecule has 0 aliphatic rings. The van der Waals surface area contributed by atoms with Crippen molar-refractivity contribution in [3.05, 3.63) is 29.3 Å². The average Bonchev–Trinajstić information content (AvgIpc) is 2.14. The van der Waals surface area contributed by atoms with Crippen LogP contribution >= 0.6 is 0 Å². The number of aryl methyl sites for hydroxylation is 2. The minimum absolute atomic E-state index is 0.765. The van der Waals surface area contributed by atoms with Crippen LogP contribution in [0.1, 0.15) is 17.5 Å². The molecule has 0 heterocycles. The van der Waals surface area contributed by atoms with Gasteiger partial charge in [-0.15, -0.1) is 0 Å². The molecule has 0 saturated carbocycles. The van der Waals surface area contributed by atoms with Crippen molar-refractivity contribution >= 4 is 5.69 Å². The van der Waals surface area contributed by atoms with Crippen LogP contribution in [0.25, 0.3) is 0 Å². The molecule has 0 atom stereocenters. The molecule has 0 aliphatic carbocycles. The van der Waals surface area contributed by atoms with Gasteiger partial charge in [0.05, 0.1) is 0 Å². The molecule has 1 aromatic rings. The highest BCUT2D eigenvalue weighted by Crippen LogP contribution is 2.21. The van der Waals surface area contributed by atoms with Gasteiger partial charge in [-0.3, -0.25) is 0 Å². The van der Waals surface area contributed by atoms with Crippen LogP contribution in [0.2, 0.25) is 0 Å². The van der Waals surface area contributed by atoms with Crippen molar-refractivity contribution in [2.75, 3.05) is 25.5 Å². The van der Waals surface area contributed by atoms with Crippen molar-refractivity contribution in [2.45, 2.75) is 19.8 Å². The molecule has 2 nitrogen and oxygen atoms in total. The molecule has 0 fully saturated rings. The summed E-state index contributed by atoms with van der Waals surface area (Å²) in [6.07, 6.45) is 2.13. The summed E-state index contributed by atoms with van der Waals surface area (Å²) in [5.74, 6) is 0. The molecule has 2 N–H and O–H groups in total. The molecule has 0 unspecified atom stereocenters. The number of benzene rings is 1. The Morgan fingerprint density at radius 1 is 1.29 bits per heavy atom. The SMILES string of the molecule is Cc1ccc(N(C)C)c(CCCN)c1. The lowest BCUT2D eigenvalue weighted by Crippen LogP contribution is -2.12. The third-order valence-electron chi connectivity index (χ3n) is 2.37. The van der Waals surface area contributed by atoms with E-state index in [1.807, 2.05) is 0 Å². The number of hydrogen-bond acceptors (Lipinski definition) is 2. The smallest absolute Gasteiger partial charge is 0.0393 e. The predicted octanol–water partition coefficient (Wildman–Crippen LogP) is 1.95. The Bertz CT molecular complexity index is 292. The van der Waals surface area contributed by atoms with Crippen LogP contribution in [0.3, 0.4) is 0 Å². The summed E-state index contributed by atoms with van der Waals surface area (Å²) in [6.45, 7) is 2.90. The van der Waals surface area contributed by atoms with Crippen molar-refractivity contribution in [2.24, 2.45) is 5.73 Å². The summed E-state index contributed by atoms with van der Waals surface area (Å²) < 4.78 is 0. The number of anilines is 1. The van der Waals surface area contributed by atoms with Gasteiger partial charge in [-0.2, -0.15) is 0 Å². The molecule has 0 spiro atoms. The van der Waals surface area contributed by atoms with Crippen molar-refractivity contribution in [1.29, 1.82) is 0 Å². The monoisotopic (exact) mass is 192 g/mol. The van der Waals surface area contributed by atoms with Gasteiger partial charge in [0, 0.05) is 19.8 Å². The molecule has 14 heavy (non-hydrogen) atoms. The standard InChI is InChI=1S/C12H20N2/c1-10-6-7-12(14(2)3)11(9-10)5-4-8-13/h6-7,9H,4-5,8,13H2,1-3H3. The summed E-state index contributed by atoms with van der Waals surface area (Å²) in [4.78, 5) is 2.16. The Labute approximate surface area is 86.7 Å². The van der Waals surface area contributed by atoms with Crippen LogP contribution in [-0.4, -0.2) is 20.6 Å². The van der Waals surface area contributed by atoms with Crippen LogP contribution in [0.15, 0.2) is 18.2 Å². The second kappa shape index (κ2) is 5.01. The quantitative estimate of drug-likeness (QED) is 0.790. The molecule has 0 bridgehead atoms. The fourth-order valence-electron chi connectivity index (χ4n) is 1.64. The zero-order chi connectivity index (χ0) is 10.6. The molecule has 1 aromatic carbocycles. The van der Waals surface area contributed by atoms with E-state index in [4.69, 9.17) is 5.73 Å². The first-order valence-electron chi connectivity index (χ1n) is 5.12. The summed E-state index contributed by atoms with van der Waals surface area (Å²) in [7, 11) is 4.16. The van der Waals surface area contributed by atoms with Gasteiger partial charge in [0.2, 0.25) is 0 Å². The molecular weight excluding hydrogens is 172 g/mol. The maximum absolute atomic E-state index is 5.53. The Morgan fingerprint density at radius 3 is 2.57 bits per heavy atom. The van der Waals surface area contributed by atoms with E-state index in [0.717, 1.165) is 19.4 Å². The summed E-state index contributed by atoms with van der Waals surface area (Å²) in [5, 5.41) is 0. The molecule has 0 aromatic heterocycles. The highest BCUT2D eigenvalue weighted by atomic mass is 15.1. The largest absolute Gasteiger partial charge is 0.377 e. The first kappa shape index (κ1) is 11.1. The number of nitrogens with zero attached hydrogens (tertiary/aromatic N) is 1. The zero-order valence-corrected chi connectivity index (χ0v) is 9.38. The van der Waals surface area contributed by atoms with E-state index in [2.05, 4.69) is 44.1 Å². The molecule has 0 saturated heterocycles. The van der Waals surface area contributed by atoms with Crippen molar-refractivity contribution in [3.8, 4) is 0 Å². The van der Waals surface area contributed by atoms with E-state index < -0.39 is 0 Å². The van der Waals surface area contributed by atoms with Crippen molar-refractivity contribution in [1.82, 2.24) is 0 Å². The normalized spacial score (nSPS) is 10.3. The Kier molecular flexibility index (Phi) is 3.96. The number of nitrogens with two attached hydrogens (primary N) is 1. The molecule has 0 amide bonds. The van der Waals surface area contributed by atoms with Crippen LogP contribution in [0.4, 0.5) is 5.69 Å². The topological polar surface area (TPSA) is 29.3 Å². The molecule has 78 valence electrons. The van der Waals surface area contributed by atoms with Gasteiger partial charge in [-0.25, -0.2) is 0 Å². The third kappa shape index (κ3) is 2.74. The van der Waals surface area contributed by atoms with Crippen LogP contribution in [-0.2, 0) is 6.42 Å². The minimum atomic E-state index is 0.765. The van der Waals surface area contributed by atoms with Crippen molar-refractivity contribution < 1.29 is 0 Å². The lowest BCUT2D eigenvalue weighted by Gasteiger charge is -2.17. The van der Waals surface area contributed by atoms with Gasteiger partial charge in [0.25, 0.3) is 0 Å². The van der Waals surface area contributed by atoms with E-state index in [-0.39, 0.29) is 0 Å². The summed E-state index contributed by atoms with van der Waals surface area (Å²) in [5.41, 5.74) is 9.56. The van der Waals surface area contributed by atoms with Gasteiger partial charge < -0.3 is 10.6 Å². The Hall–Kier alpha value is -1.02. The van der Waals surface area contributed by atoms with Gasteiger partial charge in [0.1, 0.15) is 0 Å². The number of rotatable bonds is 4. The van der Waals surface area contributed by atoms with Crippen LogP contribution in [0.5, 0.6) is 0 Å². The molecule has 2 heteroatoms. The number of hydrogen-bond donors (Lipinski definition) is 1. The summed E-state index contributed by atoms with van der Waals surface area (Å²) in [6, 6.07) is 6.59. The first-order valence-corrected chi connectivity index (χ1v) is 5.12. The van der Waals surface area contributed by atoms with Gasteiger partial charge >= 0.3 is 0 Å². The zero-order valence-electron chi connectivity index (χ0n) is 9.38. The Morgan fingerprint density at radius 2 is 2.00 bits per heavy atom. The van der Waals surface area contributed by atoms with Crippen LogP contribution in [0, 0.1) is 6.92 Å². The van der Waals surface area contributed by atoms with E-state index in [1.165, 1.54) is 16.8 Å². The average molecular weight is 192 g/mol. The highest BCUT2D eigenvalue weighted by molar-refractivity contribution is 5.53. The second-order valence-corrected chi connectivity index (χ2v) is 3.92. The summed E-state index contributed by atoms with van der Waals surface area (Å²) >= 11 is 0. The predicted molar refractivity (Wildman–Crippen MR) is 62.9 cm³/mol. The molecule has 1 rings (SSSR count). The lowest BCUT2D eigenvalue weighted by molar-refractivity contribution is 0.828. The highest BCUT2D eigenvalue weighted by Gasteiger charge is 2.03. The fourth-order valence-corrected chi connectivity index (χ4v) is 1.64. The van der Waals surface area contributed by atoms with Gasteiger partial charge in [-0.1, -0.05) is 17.7 Å².